The average molecular weight is 346 g/mol. The standard InChI is InChI=1S/C17H18N2O6/c1-17(21,13-4-8-15(9-5-13)19(24)25)11-10-16(20)12-2-6-14(7-3-12)18(22)23/h2-9,16,20-21H,10-11H2,1H3. The molecule has 2 unspecified atom stereocenters. The molecule has 0 saturated carbocycles. The Kier molecular flexibility index (Phi) is 5.45. The Balaban J connectivity index is 2.02. The maximum atomic E-state index is 10.7. The summed E-state index contributed by atoms with van der Waals surface area (Å²) < 4.78 is 0. The van der Waals surface area contributed by atoms with Crippen LogP contribution in [0.25, 0.3) is 0 Å². The van der Waals surface area contributed by atoms with E-state index < -0.39 is 21.6 Å². The largest absolute Gasteiger partial charge is 0.388 e. The number of nitrogens with zero attached hydrogens (tertiary/aromatic N) is 2. The monoisotopic (exact) mass is 346 g/mol. The van der Waals surface area contributed by atoms with Crippen molar-refractivity contribution in [3.8, 4) is 0 Å². The second-order valence-electron chi connectivity index (χ2n) is 5.98. The maximum absolute atomic E-state index is 10.7. The van der Waals surface area contributed by atoms with E-state index in [0.717, 1.165) is 0 Å². The number of aliphatic hydroxyl groups is 2. The third kappa shape index (κ3) is 4.59. The van der Waals surface area contributed by atoms with E-state index in [1.54, 1.807) is 6.92 Å². The van der Waals surface area contributed by atoms with E-state index in [2.05, 4.69) is 0 Å². The highest BCUT2D eigenvalue weighted by atomic mass is 16.6. The van der Waals surface area contributed by atoms with E-state index in [4.69, 9.17) is 0 Å². The van der Waals surface area contributed by atoms with Crippen LogP contribution in [0.2, 0.25) is 0 Å². The summed E-state index contributed by atoms with van der Waals surface area (Å²) in [5.41, 5.74) is -0.366. The number of aliphatic hydroxyl groups excluding tert-OH is 1. The van der Waals surface area contributed by atoms with E-state index in [1.165, 1.54) is 48.5 Å². The molecule has 0 aromatic heterocycles. The summed E-state index contributed by atoms with van der Waals surface area (Å²) >= 11 is 0. The molecule has 0 saturated heterocycles. The van der Waals surface area contributed by atoms with Gasteiger partial charge in [0.15, 0.2) is 0 Å². The Labute approximate surface area is 143 Å². The van der Waals surface area contributed by atoms with E-state index in [0.29, 0.717) is 11.1 Å². The number of non-ortho nitro benzene ring substituents is 2. The van der Waals surface area contributed by atoms with Crippen LogP contribution in [-0.2, 0) is 5.60 Å². The summed E-state index contributed by atoms with van der Waals surface area (Å²) in [6.45, 7) is 1.57. The first kappa shape index (κ1) is 18.5. The summed E-state index contributed by atoms with van der Waals surface area (Å²) in [7, 11) is 0. The van der Waals surface area contributed by atoms with Crippen molar-refractivity contribution < 1.29 is 20.1 Å². The Bertz CT molecular complexity index is 756. The van der Waals surface area contributed by atoms with Crippen molar-refractivity contribution in [1.29, 1.82) is 0 Å². The molecule has 0 spiro atoms. The van der Waals surface area contributed by atoms with Gasteiger partial charge in [0.05, 0.1) is 21.6 Å². The van der Waals surface area contributed by atoms with Gasteiger partial charge in [-0.3, -0.25) is 20.2 Å². The molecule has 0 aliphatic heterocycles. The molecule has 8 nitrogen and oxygen atoms in total. The third-order valence-corrected chi connectivity index (χ3v) is 4.09. The number of nitro benzene ring substituents is 2. The van der Waals surface area contributed by atoms with Crippen molar-refractivity contribution in [2.24, 2.45) is 0 Å². The molecule has 2 aromatic carbocycles. The number of hydrogen-bond donors (Lipinski definition) is 2. The summed E-state index contributed by atoms with van der Waals surface area (Å²) in [5, 5.41) is 42.1. The van der Waals surface area contributed by atoms with Gasteiger partial charge in [-0.15, -0.1) is 0 Å². The lowest BCUT2D eigenvalue weighted by Gasteiger charge is -2.25. The normalized spacial score (nSPS) is 14.5. The smallest absolute Gasteiger partial charge is 0.269 e. The van der Waals surface area contributed by atoms with Crippen LogP contribution in [0.15, 0.2) is 48.5 Å². The van der Waals surface area contributed by atoms with Gasteiger partial charge >= 0.3 is 0 Å². The van der Waals surface area contributed by atoms with Crippen LogP contribution < -0.4 is 0 Å². The first-order valence-corrected chi connectivity index (χ1v) is 7.60. The molecular weight excluding hydrogens is 328 g/mol. The zero-order valence-electron chi connectivity index (χ0n) is 13.5. The summed E-state index contributed by atoms with van der Waals surface area (Å²) in [6.07, 6.45) is -0.449. The van der Waals surface area contributed by atoms with Gasteiger partial charge in [-0.25, -0.2) is 0 Å². The lowest BCUT2D eigenvalue weighted by Crippen LogP contribution is -2.22. The van der Waals surface area contributed by atoms with Crippen LogP contribution in [0, 0.1) is 20.2 Å². The van der Waals surface area contributed by atoms with Crippen molar-refractivity contribution in [1.82, 2.24) is 0 Å². The Morgan fingerprint density at radius 2 is 1.40 bits per heavy atom. The van der Waals surface area contributed by atoms with Crippen molar-refractivity contribution >= 4 is 11.4 Å². The number of hydrogen-bond acceptors (Lipinski definition) is 6. The van der Waals surface area contributed by atoms with Gasteiger partial charge in [-0.2, -0.15) is 0 Å². The minimum absolute atomic E-state index is 0.0613. The van der Waals surface area contributed by atoms with Crippen molar-refractivity contribution in [3.63, 3.8) is 0 Å². The van der Waals surface area contributed by atoms with Crippen LogP contribution in [0.4, 0.5) is 11.4 Å². The van der Waals surface area contributed by atoms with Crippen LogP contribution in [0.3, 0.4) is 0 Å². The van der Waals surface area contributed by atoms with Crippen molar-refractivity contribution in [2.75, 3.05) is 0 Å². The number of benzene rings is 2. The van der Waals surface area contributed by atoms with Crippen LogP contribution in [0.1, 0.15) is 37.0 Å². The van der Waals surface area contributed by atoms with Crippen LogP contribution in [0.5, 0.6) is 0 Å². The van der Waals surface area contributed by atoms with Gasteiger partial charge in [0.25, 0.3) is 11.4 Å². The molecule has 0 aliphatic carbocycles. The number of nitro groups is 2. The minimum Gasteiger partial charge on any atom is -0.388 e. The van der Waals surface area contributed by atoms with E-state index >= 15 is 0 Å². The second kappa shape index (κ2) is 7.37. The van der Waals surface area contributed by atoms with E-state index in [9.17, 15) is 30.4 Å². The maximum Gasteiger partial charge on any atom is 0.269 e. The first-order chi connectivity index (χ1) is 11.7. The molecule has 0 fully saturated rings. The molecule has 2 atom stereocenters. The van der Waals surface area contributed by atoms with E-state index in [-0.39, 0.29) is 24.2 Å². The third-order valence-electron chi connectivity index (χ3n) is 4.09. The van der Waals surface area contributed by atoms with Crippen LogP contribution >= 0.6 is 0 Å². The second-order valence-corrected chi connectivity index (χ2v) is 5.98. The van der Waals surface area contributed by atoms with Gasteiger partial charge in [0.2, 0.25) is 0 Å². The van der Waals surface area contributed by atoms with E-state index in [1.807, 2.05) is 0 Å². The molecule has 132 valence electrons. The number of rotatable bonds is 7. The molecule has 0 amide bonds. The predicted octanol–water partition coefficient (Wildman–Crippen LogP) is 3.22. The summed E-state index contributed by atoms with van der Waals surface area (Å²) in [6, 6.07) is 11.2. The van der Waals surface area contributed by atoms with Gasteiger partial charge in [0, 0.05) is 24.3 Å². The molecule has 0 heterocycles. The van der Waals surface area contributed by atoms with Gasteiger partial charge in [0.1, 0.15) is 0 Å². The first-order valence-electron chi connectivity index (χ1n) is 7.60. The topological polar surface area (TPSA) is 127 Å². The minimum atomic E-state index is -1.27. The quantitative estimate of drug-likeness (QED) is 0.585. The molecule has 2 aromatic rings. The molecule has 0 aliphatic rings. The molecule has 0 radical (unpaired) electrons. The van der Waals surface area contributed by atoms with Crippen LogP contribution in [-0.4, -0.2) is 20.1 Å². The fraction of sp³-hybridized carbons (Fsp3) is 0.294. The highest BCUT2D eigenvalue weighted by Crippen LogP contribution is 2.31. The lowest BCUT2D eigenvalue weighted by molar-refractivity contribution is -0.385. The molecular formula is C17H18N2O6. The molecule has 2 N–H and O–H groups in total. The predicted molar refractivity (Wildman–Crippen MR) is 90.0 cm³/mol. The molecule has 8 heteroatoms. The molecule has 2 rings (SSSR count). The highest BCUT2D eigenvalue weighted by Gasteiger charge is 2.25. The summed E-state index contributed by atoms with van der Waals surface area (Å²) in [5.74, 6) is 0. The molecule has 0 bridgehead atoms. The van der Waals surface area contributed by atoms with Gasteiger partial charge < -0.3 is 10.2 Å². The zero-order chi connectivity index (χ0) is 18.6. The Hall–Kier alpha value is -2.84. The average Bonchev–Trinajstić information content (AvgIpc) is 2.60. The highest BCUT2D eigenvalue weighted by molar-refractivity contribution is 5.35. The Morgan fingerprint density at radius 3 is 1.84 bits per heavy atom. The SMILES string of the molecule is CC(O)(CCC(O)c1ccc([N+](=O)[O-])cc1)c1ccc([N+](=O)[O-])cc1. The van der Waals surface area contributed by atoms with Crippen molar-refractivity contribution in [2.45, 2.75) is 31.5 Å². The lowest BCUT2D eigenvalue weighted by atomic mass is 9.89. The Morgan fingerprint density at radius 1 is 0.960 bits per heavy atom. The molecule has 25 heavy (non-hydrogen) atoms. The zero-order valence-corrected chi connectivity index (χ0v) is 13.5. The summed E-state index contributed by atoms with van der Waals surface area (Å²) in [4.78, 5) is 20.3. The van der Waals surface area contributed by atoms with Gasteiger partial charge in [-0.05, 0) is 55.2 Å². The van der Waals surface area contributed by atoms with Gasteiger partial charge in [-0.1, -0.05) is 0 Å². The fourth-order valence-electron chi connectivity index (χ4n) is 2.49. The van der Waals surface area contributed by atoms with Crippen molar-refractivity contribution in [3.05, 3.63) is 79.9 Å². The fourth-order valence-corrected chi connectivity index (χ4v) is 2.49.